The number of anilines is 1. The number of aromatic nitrogens is 2. The SMILES string of the molecule is CNc1snnc1COC(C)CC(C)C. The van der Waals surface area contributed by atoms with Crippen LogP contribution < -0.4 is 5.32 Å². The Morgan fingerprint density at radius 1 is 1.40 bits per heavy atom. The van der Waals surface area contributed by atoms with E-state index in [0.29, 0.717) is 12.5 Å². The first kappa shape index (κ1) is 12.4. The van der Waals surface area contributed by atoms with E-state index in [0.717, 1.165) is 17.1 Å². The van der Waals surface area contributed by atoms with Crippen molar-refractivity contribution in [2.24, 2.45) is 5.92 Å². The normalized spacial score (nSPS) is 13.1. The van der Waals surface area contributed by atoms with Gasteiger partial charge in [-0.15, -0.1) is 5.10 Å². The molecule has 1 aromatic heterocycles. The number of nitrogens with one attached hydrogen (secondary N) is 1. The van der Waals surface area contributed by atoms with Crippen LogP contribution in [0.1, 0.15) is 32.9 Å². The highest BCUT2D eigenvalue weighted by Gasteiger charge is 2.10. The Hall–Kier alpha value is -0.680. The summed E-state index contributed by atoms with van der Waals surface area (Å²) in [6.45, 7) is 7.03. The molecule has 0 radical (unpaired) electrons. The monoisotopic (exact) mass is 229 g/mol. The van der Waals surface area contributed by atoms with E-state index in [2.05, 4.69) is 35.7 Å². The van der Waals surface area contributed by atoms with Gasteiger partial charge in [-0.2, -0.15) is 0 Å². The molecule has 0 saturated heterocycles. The highest BCUT2D eigenvalue weighted by molar-refractivity contribution is 7.10. The van der Waals surface area contributed by atoms with Crippen molar-refractivity contribution >= 4 is 16.5 Å². The summed E-state index contributed by atoms with van der Waals surface area (Å²) < 4.78 is 9.58. The molecule has 1 aromatic rings. The molecule has 0 saturated carbocycles. The highest BCUT2D eigenvalue weighted by atomic mass is 32.1. The molecule has 1 N–H and O–H groups in total. The smallest absolute Gasteiger partial charge is 0.135 e. The van der Waals surface area contributed by atoms with Gasteiger partial charge in [0.15, 0.2) is 0 Å². The van der Waals surface area contributed by atoms with Crippen molar-refractivity contribution in [3.05, 3.63) is 5.69 Å². The molecule has 0 fully saturated rings. The Bertz CT molecular complexity index is 288. The summed E-state index contributed by atoms with van der Waals surface area (Å²) in [6, 6.07) is 0. The van der Waals surface area contributed by atoms with Gasteiger partial charge in [0.1, 0.15) is 10.7 Å². The average molecular weight is 229 g/mol. The van der Waals surface area contributed by atoms with Gasteiger partial charge in [0.2, 0.25) is 0 Å². The minimum atomic E-state index is 0.274. The van der Waals surface area contributed by atoms with Crippen molar-refractivity contribution in [1.29, 1.82) is 0 Å². The van der Waals surface area contributed by atoms with Crippen molar-refractivity contribution in [2.75, 3.05) is 12.4 Å². The molecular formula is C10H19N3OS. The van der Waals surface area contributed by atoms with E-state index < -0.39 is 0 Å². The lowest BCUT2D eigenvalue weighted by Gasteiger charge is -2.14. The maximum Gasteiger partial charge on any atom is 0.135 e. The summed E-state index contributed by atoms with van der Waals surface area (Å²) >= 11 is 1.36. The van der Waals surface area contributed by atoms with E-state index in [-0.39, 0.29) is 6.10 Å². The highest BCUT2D eigenvalue weighted by Crippen LogP contribution is 2.18. The second-order valence-corrected chi connectivity index (χ2v) is 4.80. The molecule has 0 aliphatic carbocycles. The predicted octanol–water partition coefficient (Wildman–Crippen LogP) is 2.53. The second-order valence-electron chi connectivity index (χ2n) is 4.05. The number of hydrogen-bond acceptors (Lipinski definition) is 5. The van der Waals surface area contributed by atoms with Crippen LogP contribution in [0.4, 0.5) is 5.00 Å². The first-order valence-corrected chi connectivity index (χ1v) is 6.01. The van der Waals surface area contributed by atoms with Crippen molar-refractivity contribution < 1.29 is 4.74 Å². The van der Waals surface area contributed by atoms with E-state index in [1.54, 1.807) is 0 Å². The molecule has 86 valence electrons. The molecule has 1 unspecified atom stereocenters. The Morgan fingerprint density at radius 2 is 2.13 bits per heavy atom. The van der Waals surface area contributed by atoms with Crippen LogP contribution >= 0.6 is 11.5 Å². The van der Waals surface area contributed by atoms with Crippen molar-refractivity contribution in [3.63, 3.8) is 0 Å². The van der Waals surface area contributed by atoms with Crippen LogP contribution in [-0.2, 0) is 11.3 Å². The Kier molecular flexibility index (Phi) is 4.98. The average Bonchev–Trinajstić information content (AvgIpc) is 2.60. The van der Waals surface area contributed by atoms with E-state index in [1.807, 2.05) is 7.05 Å². The van der Waals surface area contributed by atoms with Crippen LogP contribution in [0, 0.1) is 5.92 Å². The van der Waals surface area contributed by atoms with E-state index in [1.165, 1.54) is 11.5 Å². The topological polar surface area (TPSA) is 47.0 Å². The largest absolute Gasteiger partial charge is 0.377 e. The van der Waals surface area contributed by atoms with Gasteiger partial charge in [0.05, 0.1) is 12.7 Å². The molecule has 1 heterocycles. The molecule has 1 atom stereocenters. The van der Waals surface area contributed by atoms with Crippen LogP contribution in [0.15, 0.2) is 0 Å². The van der Waals surface area contributed by atoms with Crippen molar-refractivity contribution in [2.45, 2.75) is 39.9 Å². The van der Waals surface area contributed by atoms with Gasteiger partial charge in [0, 0.05) is 18.6 Å². The molecule has 15 heavy (non-hydrogen) atoms. The van der Waals surface area contributed by atoms with Crippen LogP contribution in [-0.4, -0.2) is 22.7 Å². The predicted molar refractivity (Wildman–Crippen MR) is 63.2 cm³/mol. The standard InChI is InChI=1S/C10H19N3OS/c1-7(2)5-8(3)14-6-9-10(11-4)15-13-12-9/h7-8,11H,5-6H2,1-4H3. The van der Waals surface area contributed by atoms with Gasteiger partial charge in [-0.05, 0) is 19.3 Å². The van der Waals surface area contributed by atoms with Gasteiger partial charge in [-0.1, -0.05) is 18.3 Å². The van der Waals surface area contributed by atoms with E-state index >= 15 is 0 Å². The second kappa shape index (κ2) is 6.02. The third kappa shape index (κ3) is 4.13. The van der Waals surface area contributed by atoms with Gasteiger partial charge in [-0.3, -0.25) is 0 Å². The number of ether oxygens (including phenoxy) is 1. The van der Waals surface area contributed by atoms with Crippen molar-refractivity contribution in [3.8, 4) is 0 Å². The molecule has 5 heteroatoms. The zero-order valence-electron chi connectivity index (χ0n) is 9.78. The van der Waals surface area contributed by atoms with Gasteiger partial charge in [0.25, 0.3) is 0 Å². The minimum Gasteiger partial charge on any atom is -0.377 e. The zero-order valence-corrected chi connectivity index (χ0v) is 10.6. The lowest BCUT2D eigenvalue weighted by Crippen LogP contribution is -2.11. The first-order valence-electron chi connectivity index (χ1n) is 5.24. The molecule has 0 aliphatic rings. The molecule has 0 aromatic carbocycles. The van der Waals surface area contributed by atoms with Gasteiger partial charge < -0.3 is 10.1 Å². The summed E-state index contributed by atoms with van der Waals surface area (Å²) in [7, 11) is 1.87. The molecular weight excluding hydrogens is 210 g/mol. The Labute approximate surface area is 95.2 Å². The maximum absolute atomic E-state index is 5.70. The lowest BCUT2D eigenvalue weighted by atomic mass is 10.1. The molecule has 0 aliphatic heterocycles. The van der Waals surface area contributed by atoms with E-state index in [9.17, 15) is 0 Å². The first-order chi connectivity index (χ1) is 7.13. The third-order valence-electron chi connectivity index (χ3n) is 2.09. The Balaban J connectivity index is 2.36. The molecule has 0 bridgehead atoms. The maximum atomic E-state index is 5.70. The van der Waals surface area contributed by atoms with Crippen LogP contribution in [0.5, 0.6) is 0 Å². The quantitative estimate of drug-likeness (QED) is 0.814. The summed E-state index contributed by atoms with van der Waals surface area (Å²) in [6.07, 6.45) is 1.35. The molecule has 1 rings (SSSR count). The summed E-state index contributed by atoms with van der Waals surface area (Å²) in [5.74, 6) is 0.664. The Morgan fingerprint density at radius 3 is 2.73 bits per heavy atom. The third-order valence-corrected chi connectivity index (χ3v) is 2.88. The summed E-state index contributed by atoms with van der Waals surface area (Å²) in [5, 5.41) is 8.07. The molecule has 0 amide bonds. The van der Waals surface area contributed by atoms with Crippen LogP contribution in [0.2, 0.25) is 0 Å². The fourth-order valence-corrected chi connectivity index (χ4v) is 1.96. The number of rotatable bonds is 6. The number of nitrogens with zero attached hydrogens (tertiary/aromatic N) is 2. The lowest BCUT2D eigenvalue weighted by molar-refractivity contribution is 0.0382. The van der Waals surface area contributed by atoms with Gasteiger partial charge >= 0.3 is 0 Å². The van der Waals surface area contributed by atoms with Crippen LogP contribution in [0.3, 0.4) is 0 Å². The minimum absolute atomic E-state index is 0.274. The zero-order chi connectivity index (χ0) is 11.3. The van der Waals surface area contributed by atoms with E-state index in [4.69, 9.17) is 4.74 Å². The summed E-state index contributed by atoms with van der Waals surface area (Å²) in [4.78, 5) is 0. The fourth-order valence-electron chi connectivity index (χ4n) is 1.45. The van der Waals surface area contributed by atoms with Crippen LogP contribution in [0.25, 0.3) is 0 Å². The number of hydrogen-bond donors (Lipinski definition) is 1. The van der Waals surface area contributed by atoms with Crippen molar-refractivity contribution in [1.82, 2.24) is 9.59 Å². The fraction of sp³-hybridized carbons (Fsp3) is 0.800. The summed E-state index contributed by atoms with van der Waals surface area (Å²) in [5.41, 5.74) is 0.901. The molecule has 0 spiro atoms. The van der Waals surface area contributed by atoms with Gasteiger partial charge in [-0.25, -0.2) is 0 Å². The molecule has 4 nitrogen and oxygen atoms in total.